The Morgan fingerprint density at radius 1 is 1.27 bits per heavy atom. The van der Waals surface area contributed by atoms with Crippen LogP contribution >= 0.6 is 0 Å². The number of rotatable bonds is 9. The predicted molar refractivity (Wildman–Crippen MR) is 84.6 cm³/mol. The van der Waals surface area contributed by atoms with Crippen molar-refractivity contribution in [3.05, 3.63) is 35.9 Å². The van der Waals surface area contributed by atoms with Gasteiger partial charge in [0.25, 0.3) is 0 Å². The van der Waals surface area contributed by atoms with Gasteiger partial charge in [0.05, 0.1) is 6.54 Å². The Balaban J connectivity index is 2.40. The lowest BCUT2D eigenvalue weighted by atomic mass is 9.85. The van der Waals surface area contributed by atoms with E-state index >= 15 is 0 Å². The Labute approximate surface area is 131 Å². The second-order valence-electron chi connectivity index (χ2n) is 6.00. The first-order chi connectivity index (χ1) is 10.4. The average molecular weight is 307 g/mol. The van der Waals surface area contributed by atoms with E-state index in [2.05, 4.69) is 17.4 Å². The highest BCUT2D eigenvalue weighted by molar-refractivity contribution is 5.82. The standard InChI is InChI=1S/C17H25NO4/c1-17(2,11-7-10-13-8-5-4-6-9-13)16(21)18-12-14(22-3)15(19)20/h4-6,8-9,14H,7,10-12H2,1-3H3,(H,18,21)(H,19,20). The van der Waals surface area contributed by atoms with Crippen molar-refractivity contribution in [1.29, 1.82) is 0 Å². The molecule has 0 spiro atoms. The fraction of sp³-hybridized carbons (Fsp3) is 0.529. The number of aryl methyl sites for hydroxylation is 1. The summed E-state index contributed by atoms with van der Waals surface area (Å²) in [7, 11) is 1.32. The number of aliphatic carboxylic acids is 1. The van der Waals surface area contributed by atoms with Crippen molar-refractivity contribution in [2.75, 3.05) is 13.7 Å². The minimum atomic E-state index is -1.08. The summed E-state index contributed by atoms with van der Waals surface area (Å²) in [4.78, 5) is 23.0. The first-order valence-electron chi connectivity index (χ1n) is 7.44. The predicted octanol–water partition coefficient (Wildman–Crippen LogP) is 2.25. The highest BCUT2D eigenvalue weighted by Gasteiger charge is 2.28. The van der Waals surface area contributed by atoms with Crippen molar-refractivity contribution < 1.29 is 19.4 Å². The van der Waals surface area contributed by atoms with Crippen LogP contribution in [0.15, 0.2) is 30.3 Å². The van der Waals surface area contributed by atoms with Crippen LogP contribution < -0.4 is 5.32 Å². The van der Waals surface area contributed by atoms with Crippen molar-refractivity contribution in [2.45, 2.75) is 39.2 Å². The van der Waals surface area contributed by atoms with Crippen LogP contribution in [0, 0.1) is 5.41 Å². The molecule has 0 aliphatic carbocycles. The van der Waals surface area contributed by atoms with Crippen molar-refractivity contribution in [3.63, 3.8) is 0 Å². The van der Waals surface area contributed by atoms with Crippen molar-refractivity contribution in [2.24, 2.45) is 5.41 Å². The number of methoxy groups -OCH3 is 1. The number of ether oxygens (including phenoxy) is 1. The first kappa shape index (κ1) is 18.2. The zero-order valence-electron chi connectivity index (χ0n) is 13.5. The molecule has 0 aromatic heterocycles. The van der Waals surface area contributed by atoms with E-state index in [4.69, 9.17) is 9.84 Å². The molecular formula is C17H25NO4. The molecule has 0 fully saturated rings. The van der Waals surface area contributed by atoms with Crippen LogP contribution in [0.5, 0.6) is 0 Å². The van der Waals surface area contributed by atoms with E-state index < -0.39 is 17.5 Å². The molecule has 1 unspecified atom stereocenters. The molecule has 0 aliphatic rings. The monoisotopic (exact) mass is 307 g/mol. The second kappa shape index (κ2) is 8.54. The van der Waals surface area contributed by atoms with Crippen LogP contribution in [0.1, 0.15) is 32.3 Å². The zero-order valence-corrected chi connectivity index (χ0v) is 13.5. The van der Waals surface area contributed by atoms with E-state index in [-0.39, 0.29) is 12.5 Å². The number of nitrogens with one attached hydrogen (secondary N) is 1. The summed E-state index contributed by atoms with van der Waals surface area (Å²) in [6.07, 6.45) is 1.55. The Kier molecular flexibility index (Phi) is 7.05. The van der Waals surface area contributed by atoms with Crippen LogP contribution in [-0.4, -0.2) is 36.7 Å². The third-order valence-electron chi connectivity index (χ3n) is 3.73. The molecule has 0 bridgehead atoms. The van der Waals surface area contributed by atoms with Gasteiger partial charge in [0.1, 0.15) is 0 Å². The summed E-state index contributed by atoms with van der Waals surface area (Å²) in [6, 6.07) is 10.1. The van der Waals surface area contributed by atoms with E-state index in [1.807, 2.05) is 32.0 Å². The Morgan fingerprint density at radius 2 is 1.91 bits per heavy atom. The SMILES string of the molecule is COC(CNC(=O)C(C)(C)CCCc1ccccc1)C(=O)O. The van der Waals surface area contributed by atoms with Gasteiger partial charge in [-0.3, -0.25) is 4.79 Å². The molecule has 2 N–H and O–H groups in total. The summed E-state index contributed by atoms with van der Waals surface area (Å²) in [5.41, 5.74) is 0.718. The maximum atomic E-state index is 12.2. The molecule has 1 aromatic carbocycles. The van der Waals surface area contributed by atoms with E-state index in [1.54, 1.807) is 0 Å². The summed E-state index contributed by atoms with van der Waals surface area (Å²) in [5.74, 6) is -1.23. The minimum absolute atomic E-state index is 0.0210. The molecule has 5 nitrogen and oxygen atoms in total. The maximum Gasteiger partial charge on any atom is 0.334 e. The lowest BCUT2D eigenvalue weighted by Crippen LogP contribution is -2.43. The van der Waals surface area contributed by atoms with Gasteiger partial charge in [-0.2, -0.15) is 0 Å². The van der Waals surface area contributed by atoms with E-state index in [9.17, 15) is 9.59 Å². The molecule has 1 rings (SSSR count). The highest BCUT2D eigenvalue weighted by atomic mass is 16.5. The van der Waals surface area contributed by atoms with Gasteiger partial charge in [0.2, 0.25) is 5.91 Å². The van der Waals surface area contributed by atoms with Crippen LogP contribution in [0.2, 0.25) is 0 Å². The number of hydrogen-bond acceptors (Lipinski definition) is 3. The molecule has 0 aliphatic heterocycles. The largest absolute Gasteiger partial charge is 0.479 e. The Hall–Kier alpha value is -1.88. The molecule has 122 valence electrons. The van der Waals surface area contributed by atoms with Crippen LogP contribution in [0.4, 0.5) is 0 Å². The minimum Gasteiger partial charge on any atom is -0.479 e. The van der Waals surface area contributed by atoms with E-state index in [0.717, 1.165) is 19.3 Å². The second-order valence-corrected chi connectivity index (χ2v) is 6.00. The van der Waals surface area contributed by atoms with Gasteiger partial charge in [0.15, 0.2) is 6.10 Å². The molecule has 1 aromatic rings. The summed E-state index contributed by atoms with van der Waals surface area (Å²) < 4.78 is 4.80. The molecular weight excluding hydrogens is 282 g/mol. The van der Waals surface area contributed by atoms with Crippen molar-refractivity contribution in [3.8, 4) is 0 Å². The van der Waals surface area contributed by atoms with Gasteiger partial charge < -0.3 is 15.2 Å². The summed E-state index contributed by atoms with van der Waals surface area (Å²) in [5, 5.41) is 11.5. The lowest BCUT2D eigenvalue weighted by Gasteiger charge is -2.24. The topological polar surface area (TPSA) is 75.6 Å². The van der Waals surface area contributed by atoms with Gasteiger partial charge in [-0.1, -0.05) is 44.2 Å². The zero-order chi connectivity index (χ0) is 16.6. The van der Waals surface area contributed by atoms with Crippen LogP contribution in [0.25, 0.3) is 0 Å². The number of carboxylic acid groups (broad SMARTS) is 1. The van der Waals surface area contributed by atoms with Gasteiger partial charge in [-0.25, -0.2) is 4.79 Å². The van der Waals surface area contributed by atoms with E-state index in [0.29, 0.717) is 0 Å². The molecule has 0 radical (unpaired) electrons. The van der Waals surface area contributed by atoms with Crippen molar-refractivity contribution in [1.82, 2.24) is 5.32 Å². The molecule has 1 atom stereocenters. The summed E-state index contributed by atoms with van der Waals surface area (Å²) in [6.45, 7) is 3.72. The normalized spacial score (nSPS) is 12.7. The van der Waals surface area contributed by atoms with Crippen LogP contribution in [0.3, 0.4) is 0 Å². The quantitative estimate of drug-likeness (QED) is 0.733. The van der Waals surface area contributed by atoms with E-state index in [1.165, 1.54) is 12.7 Å². The lowest BCUT2D eigenvalue weighted by molar-refractivity contribution is -0.148. The average Bonchev–Trinajstić information content (AvgIpc) is 2.48. The molecule has 0 saturated heterocycles. The molecule has 1 amide bonds. The summed E-state index contributed by atoms with van der Waals surface area (Å²) >= 11 is 0. The number of benzene rings is 1. The Bertz CT molecular complexity index is 485. The van der Waals surface area contributed by atoms with Gasteiger partial charge in [0, 0.05) is 12.5 Å². The Morgan fingerprint density at radius 3 is 2.45 bits per heavy atom. The van der Waals surface area contributed by atoms with Crippen molar-refractivity contribution >= 4 is 11.9 Å². The number of carbonyl (C=O) groups excluding carboxylic acids is 1. The van der Waals surface area contributed by atoms with Crippen LogP contribution in [-0.2, 0) is 20.7 Å². The fourth-order valence-electron chi connectivity index (χ4n) is 2.19. The highest BCUT2D eigenvalue weighted by Crippen LogP contribution is 2.23. The third-order valence-corrected chi connectivity index (χ3v) is 3.73. The number of amides is 1. The van der Waals surface area contributed by atoms with Gasteiger partial charge in [-0.05, 0) is 24.8 Å². The van der Waals surface area contributed by atoms with Gasteiger partial charge >= 0.3 is 5.97 Å². The molecule has 0 saturated carbocycles. The van der Waals surface area contributed by atoms with Gasteiger partial charge in [-0.15, -0.1) is 0 Å². The fourth-order valence-corrected chi connectivity index (χ4v) is 2.19. The number of carbonyl (C=O) groups is 2. The first-order valence-corrected chi connectivity index (χ1v) is 7.44. The number of carboxylic acids is 1. The molecule has 0 heterocycles. The number of hydrogen-bond donors (Lipinski definition) is 2. The molecule has 22 heavy (non-hydrogen) atoms. The molecule has 5 heteroatoms. The maximum absolute atomic E-state index is 12.2. The smallest absolute Gasteiger partial charge is 0.334 e. The third kappa shape index (κ3) is 5.85.